The Kier molecular flexibility index (Phi) is 7.09. The molecule has 0 fully saturated rings. The summed E-state index contributed by atoms with van der Waals surface area (Å²) >= 11 is 5.34. The predicted octanol–water partition coefficient (Wildman–Crippen LogP) is 2.88. The summed E-state index contributed by atoms with van der Waals surface area (Å²) in [6.07, 6.45) is 1.32. The first-order valence-corrected chi connectivity index (χ1v) is 7.32. The first-order valence-electron chi connectivity index (χ1n) is 6.79. The Morgan fingerprint density at radius 3 is 2.40 bits per heavy atom. The second-order valence-electron chi connectivity index (χ2n) is 4.71. The molecule has 0 aliphatic carbocycles. The molecule has 1 rings (SSSR count). The number of benzene rings is 1. The van der Waals surface area contributed by atoms with E-state index in [0.29, 0.717) is 12.5 Å². The van der Waals surface area contributed by atoms with Crippen LogP contribution in [0, 0.1) is 0 Å². The molecule has 0 saturated heterocycles. The molecule has 0 aliphatic heterocycles. The van der Waals surface area contributed by atoms with Gasteiger partial charge in [-0.1, -0.05) is 26.0 Å². The number of carbonyl (C=O) groups is 2. The predicted molar refractivity (Wildman–Crippen MR) is 82.1 cm³/mol. The van der Waals surface area contributed by atoms with Crippen LogP contribution in [-0.4, -0.2) is 24.2 Å². The molecule has 0 radical (unpaired) electrons. The normalized spacial score (nSPS) is 11.8. The van der Waals surface area contributed by atoms with Gasteiger partial charge in [0.1, 0.15) is 5.88 Å². The summed E-state index contributed by atoms with van der Waals surface area (Å²) in [5, 5.41) is 5.34. The van der Waals surface area contributed by atoms with Gasteiger partial charge in [-0.25, -0.2) is 0 Å². The van der Waals surface area contributed by atoms with Crippen LogP contribution in [-0.2, 0) is 9.59 Å². The summed E-state index contributed by atoms with van der Waals surface area (Å²) in [6, 6.07) is 7.85. The molecule has 20 heavy (non-hydrogen) atoms. The third kappa shape index (κ3) is 5.61. The fourth-order valence-corrected chi connectivity index (χ4v) is 1.81. The zero-order valence-corrected chi connectivity index (χ0v) is 12.7. The van der Waals surface area contributed by atoms with E-state index in [-0.39, 0.29) is 24.1 Å². The van der Waals surface area contributed by atoms with Crippen molar-refractivity contribution in [1.82, 2.24) is 5.32 Å². The molecular formula is C15H21ClN2O2. The van der Waals surface area contributed by atoms with Gasteiger partial charge in [0.2, 0.25) is 11.8 Å². The highest BCUT2D eigenvalue weighted by Gasteiger charge is 2.05. The van der Waals surface area contributed by atoms with E-state index in [1.807, 2.05) is 24.3 Å². The SMILES string of the molecule is CC[C@@H](C)c1ccc(NC(=O)CCNC(=O)CCl)cc1. The van der Waals surface area contributed by atoms with Gasteiger partial charge in [-0.15, -0.1) is 11.6 Å². The Morgan fingerprint density at radius 2 is 1.85 bits per heavy atom. The van der Waals surface area contributed by atoms with E-state index < -0.39 is 0 Å². The summed E-state index contributed by atoms with van der Waals surface area (Å²) in [7, 11) is 0. The van der Waals surface area contributed by atoms with Crippen molar-refractivity contribution in [3.8, 4) is 0 Å². The summed E-state index contributed by atoms with van der Waals surface area (Å²) in [4.78, 5) is 22.6. The quantitative estimate of drug-likeness (QED) is 0.760. The van der Waals surface area contributed by atoms with Crippen molar-refractivity contribution in [2.24, 2.45) is 0 Å². The monoisotopic (exact) mass is 296 g/mol. The van der Waals surface area contributed by atoms with Gasteiger partial charge in [0.05, 0.1) is 0 Å². The molecule has 0 aromatic heterocycles. The fourth-order valence-electron chi connectivity index (χ4n) is 1.72. The third-order valence-electron chi connectivity index (χ3n) is 3.17. The minimum atomic E-state index is -0.266. The van der Waals surface area contributed by atoms with Crippen LogP contribution in [0.5, 0.6) is 0 Å². The Balaban J connectivity index is 2.40. The van der Waals surface area contributed by atoms with Crippen molar-refractivity contribution >= 4 is 29.1 Å². The third-order valence-corrected chi connectivity index (χ3v) is 3.41. The number of carbonyl (C=O) groups excluding carboxylic acids is 2. The van der Waals surface area contributed by atoms with Crippen LogP contribution in [0.2, 0.25) is 0 Å². The molecule has 0 spiro atoms. The molecular weight excluding hydrogens is 276 g/mol. The fraction of sp³-hybridized carbons (Fsp3) is 0.467. The van der Waals surface area contributed by atoms with Crippen LogP contribution in [0.4, 0.5) is 5.69 Å². The molecule has 1 atom stereocenters. The molecule has 0 aliphatic rings. The van der Waals surface area contributed by atoms with Gasteiger partial charge in [-0.05, 0) is 30.0 Å². The molecule has 0 saturated carbocycles. The van der Waals surface area contributed by atoms with Gasteiger partial charge in [0, 0.05) is 18.7 Å². The van der Waals surface area contributed by atoms with Crippen molar-refractivity contribution in [2.75, 3.05) is 17.7 Å². The molecule has 5 heteroatoms. The van der Waals surface area contributed by atoms with Crippen molar-refractivity contribution in [1.29, 1.82) is 0 Å². The molecule has 1 aromatic rings. The topological polar surface area (TPSA) is 58.2 Å². The maximum Gasteiger partial charge on any atom is 0.234 e. The lowest BCUT2D eigenvalue weighted by atomic mass is 9.99. The molecule has 2 N–H and O–H groups in total. The van der Waals surface area contributed by atoms with Crippen LogP contribution in [0.3, 0.4) is 0 Å². The second-order valence-corrected chi connectivity index (χ2v) is 4.98. The van der Waals surface area contributed by atoms with Crippen LogP contribution in [0.15, 0.2) is 24.3 Å². The van der Waals surface area contributed by atoms with E-state index in [2.05, 4.69) is 24.5 Å². The van der Waals surface area contributed by atoms with Gasteiger partial charge in [-0.2, -0.15) is 0 Å². The highest BCUT2D eigenvalue weighted by Crippen LogP contribution is 2.20. The number of nitrogens with one attached hydrogen (secondary N) is 2. The van der Waals surface area contributed by atoms with E-state index in [1.54, 1.807) is 0 Å². The van der Waals surface area contributed by atoms with Crippen LogP contribution >= 0.6 is 11.6 Å². The standard InChI is InChI=1S/C15H21ClN2O2/c1-3-11(2)12-4-6-13(7-5-12)18-14(19)8-9-17-15(20)10-16/h4-7,11H,3,8-10H2,1-2H3,(H,17,20)(H,18,19)/t11-/m1/s1. The number of hydrogen-bond donors (Lipinski definition) is 2. The second kappa shape index (κ2) is 8.59. The van der Waals surface area contributed by atoms with Crippen molar-refractivity contribution in [2.45, 2.75) is 32.6 Å². The number of hydrogen-bond acceptors (Lipinski definition) is 2. The Hall–Kier alpha value is -1.55. The summed E-state index contributed by atoms with van der Waals surface area (Å²) in [5.41, 5.74) is 2.03. The summed E-state index contributed by atoms with van der Waals surface area (Å²) in [5.74, 6) is 0.0395. The van der Waals surface area contributed by atoms with Crippen molar-refractivity contribution < 1.29 is 9.59 Å². The lowest BCUT2D eigenvalue weighted by Crippen LogP contribution is -2.28. The Bertz CT molecular complexity index is 446. The van der Waals surface area contributed by atoms with E-state index in [0.717, 1.165) is 12.1 Å². The van der Waals surface area contributed by atoms with Gasteiger partial charge >= 0.3 is 0 Å². The summed E-state index contributed by atoms with van der Waals surface area (Å²) in [6.45, 7) is 4.62. The minimum absolute atomic E-state index is 0.0846. The van der Waals surface area contributed by atoms with Crippen LogP contribution in [0.25, 0.3) is 0 Å². The number of rotatable bonds is 7. The smallest absolute Gasteiger partial charge is 0.234 e. The number of amides is 2. The number of anilines is 1. The molecule has 0 heterocycles. The zero-order valence-electron chi connectivity index (χ0n) is 11.9. The van der Waals surface area contributed by atoms with Gasteiger partial charge in [0.25, 0.3) is 0 Å². The number of halogens is 1. The van der Waals surface area contributed by atoms with Gasteiger partial charge in [0.15, 0.2) is 0 Å². The molecule has 1 aromatic carbocycles. The molecule has 0 unspecified atom stereocenters. The van der Waals surface area contributed by atoms with E-state index in [9.17, 15) is 9.59 Å². The first kappa shape index (κ1) is 16.5. The zero-order chi connectivity index (χ0) is 15.0. The highest BCUT2D eigenvalue weighted by molar-refractivity contribution is 6.27. The largest absolute Gasteiger partial charge is 0.355 e. The van der Waals surface area contributed by atoms with E-state index in [1.165, 1.54) is 5.56 Å². The lowest BCUT2D eigenvalue weighted by Gasteiger charge is -2.10. The average Bonchev–Trinajstić information content (AvgIpc) is 2.47. The average molecular weight is 297 g/mol. The maximum absolute atomic E-state index is 11.7. The van der Waals surface area contributed by atoms with Crippen LogP contribution < -0.4 is 10.6 Å². The molecule has 4 nitrogen and oxygen atoms in total. The first-order chi connectivity index (χ1) is 9.56. The minimum Gasteiger partial charge on any atom is -0.355 e. The van der Waals surface area contributed by atoms with Crippen molar-refractivity contribution in [3.05, 3.63) is 29.8 Å². The van der Waals surface area contributed by atoms with Crippen molar-refractivity contribution in [3.63, 3.8) is 0 Å². The lowest BCUT2D eigenvalue weighted by molar-refractivity contribution is -0.119. The summed E-state index contributed by atoms with van der Waals surface area (Å²) < 4.78 is 0. The van der Waals surface area contributed by atoms with Gasteiger partial charge < -0.3 is 10.6 Å². The maximum atomic E-state index is 11.7. The Labute approximate surface area is 124 Å². The highest BCUT2D eigenvalue weighted by atomic mass is 35.5. The number of alkyl halides is 1. The Morgan fingerprint density at radius 1 is 1.20 bits per heavy atom. The van der Waals surface area contributed by atoms with E-state index in [4.69, 9.17) is 11.6 Å². The molecule has 110 valence electrons. The van der Waals surface area contributed by atoms with Crippen LogP contribution in [0.1, 0.15) is 38.2 Å². The molecule has 2 amide bonds. The van der Waals surface area contributed by atoms with E-state index >= 15 is 0 Å². The molecule has 0 bridgehead atoms. The van der Waals surface area contributed by atoms with Gasteiger partial charge in [-0.3, -0.25) is 9.59 Å².